The number of phosphoric acid groups is 1. The van der Waals surface area contributed by atoms with Crippen LogP contribution in [-0.2, 0) is 32.7 Å². The van der Waals surface area contributed by atoms with Crippen molar-refractivity contribution in [2.75, 3.05) is 47.5 Å². The molecule has 0 bridgehead atoms. The van der Waals surface area contributed by atoms with Gasteiger partial charge in [-0.3, -0.25) is 14.2 Å². The second kappa shape index (κ2) is 54.7. The summed E-state index contributed by atoms with van der Waals surface area (Å²) in [7, 11) is 1.15. The lowest BCUT2D eigenvalue weighted by Gasteiger charge is -2.28. The molecule has 0 radical (unpaired) electrons. The fourth-order valence-corrected chi connectivity index (χ4v) is 8.71. The van der Waals surface area contributed by atoms with Crippen LogP contribution in [0.15, 0.2) is 97.2 Å². The van der Waals surface area contributed by atoms with E-state index in [2.05, 4.69) is 111 Å². The molecule has 2 atom stereocenters. The number of quaternary nitrogens is 1. The number of hydrogen-bond donors (Lipinski definition) is 0. The number of esters is 2. The highest BCUT2D eigenvalue weighted by molar-refractivity contribution is 7.45. The molecule has 0 aromatic carbocycles. The summed E-state index contributed by atoms with van der Waals surface area (Å²) in [5.41, 5.74) is 0. The molecule has 74 heavy (non-hydrogen) atoms. The molecule has 0 aliphatic heterocycles. The summed E-state index contributed by atoms with van der Waals surface area (Å²) in [5.74, 6) is -0.849. The van der Waals surface area contributed by atoms with Crippen molar-refractivity contribution in [3.05, 3.63) is 97.2 Å². The number of rotatable bonds is 54. The van der Waals surface area contributed by atoms with Crippen molar-refractivity contribution < 1.29 is 42.1 Å². The number of likely N-dealkylation sites (N-methyl/N-ethyl adjacent to an activating group) is 1. The van der Waals surface area contributed by atoms with Crippen molar-refractivity contribution >= 4 is 19.8 Å². The Hall–Kier alpha value is -3.07. The molecule has 10 heteroatoms. The second-order valence-electron chi connectivity index (χ2n) is 21.0. The third-order valence-electron chi connectivity index (χ3n) is 12.6. The number of unbranched alkanes of at least 4 members (excludes halogenated alkanes) is 24. The van der Waals surface area contributed by atoms with E-state index in [0.717, 1.165) is 96.3 Å². The maximum Gasteiger partial charge on any atom is 0.306 e. The van der Waals surface area contributed by atoms with Crippen molar-refractivity contribution in [2.24, 2.45) is 0 Å². The van der Waals surface area contributed by atoms with Crippen LogP contribution in [0.4, 0.5) is 0 Å². The molecule has 0 amide bonds. The molecule has 0 heterocycles. The van der Waals surface area contributed by atoms with Crippen LogP contribution < -0.4 is 4.89 Å². The van der Waals surface area contributed by atoms with Crippen LogP contribution in [0.3, 0.4) is 0 Å². The number of ether oxygens (including phenoxy) is 2. The monoisotopic (exact) mass is 1050 g/mol. The average molecular weight is 1050 g/mol. The van der Waals surface area contributed by atoms with Gasteiger partial charge in [-0.15, -0.1) is 0 Å². The smallest absolute Gasteiger partial charge is 0.306 e. The minimum atomic E-state index is -4.64. The molecule has 426 valence electrons. The normalized spacial score (nSPS) is 14.0. The van der Waals surface area contributed by atoms with E-state index in [1.165, 1.54) is 109 Å². The van der Waals surface area contributed by atoms with Crippen molar-refractivity contribution in [1.82, 2.24) is 0 Å². The van der Waals surface area contributed by atoms with Gasteiger partial charge in [0.15, 0.2) is 6.10 Å². The maximum atomic E-state index is 12.8. The molecule has 0 aliphatic rings. The summed E-state index contributed by atoms with van der Waals surface area (Å²) >= 11 is 0. The summed E-state index contributed by atoms with van der Waals surface area (Å²) in [5, 5.41) is 0. The Morgan fingerprint density at radius 3 is 1.15 bits per heavy atom. The molecule has 0 aromatic heterocycles. The van der Waals surface area contributed by atoms with Crippen LogP contribution in [0.5, 0.6) is 0 Å². The molecule has 0 rings (SSSR count). The molecule has 0 fully saturated rings. The van der Waals surface area contributed by atoms with Crippen molar-refractivity contribution in [1.29, 1.82) is 0 Å². The Balaban J connectivity index is 4.06. The number of hydrogen-bond acceptors (Lipinski definition) is 8. The van der Waals surface area contributed by atoms with Gasteiger partial charge >= 0.3 is 11.9 Å². The lowest BCUT2D eigenvalue weighted by atomic mass is 10.0. The standard InChI is InChI=1S/C64H112NO8P/c1-6-8-10-12-14-16-18-20-22-23-24-25-26-27-28-29-30-31-32-33-34-35-36-37-38-39-40-41-43-45-47-49-51-53-55-57-64(67)73-62(61-72-74(68,69)71-59-58-65(3,4)5)60-70-63(66)56-54-52-50-48-46-44-42-21-19-17-15-13-11-9-7-2/h8,10,14-17,20-22,24-25,27-28,30-31,42,62H,6-7,9,11-13,18-19,23,26,29,32-41,43-61H2,1-5H3/b10-8-,16-14-,17-15-,22-20-,25-24-,28-27-,31-30-,42-21-. The van der Waals surface area contributed by atoms with Gasteiger partial charge < -0.3 is 27.9 Å². The van der Waals surface area contributed by atoms with Crippen LogP contribution in [0.1, 0.15) is 245 Å². The first kappa shape index (κ1) is 70.9. The van der Waals surface area contributed by atoms with Gasteiger partial charge in [-0.05, 0) is 96.3 Å². The minimum absolute atomic E-state index is 0.0360. The summed E-state index contributed by atoms with van der Waals surface area (Å²) < 4.78 is 34.1. The molecule has 0 aromatic rings. The highest BCUT2D eigenvalue weighted by Gasteiger charge is 2.22. The van der Waals surface area contributed by atoms with Crippen LogP contribution in [0.25, 0.3) is 0 Å². The number of nitrogens with zero attached hydrogens (tertiary/aromatic N) is 1. The van der Waals surface area contributed by atoms with Gasteiger partial charge in [0.25, 0.3) is 7.82 Å². The molecule has 0 spiro atoms. The first-order valence-electron chi connectivity index (χ1n) is 29.9. The summed E-state index contributed by atoms with van der Waals surface area (Å²) in [6.07, 6.45) is 74.6. The lowest BCUT2D eigenvalue weighted by molar-refractivity contribution is -0.870. The Labute approximate surface area is 455 Å². The van der Waals surface area contributed by atoms with E-state index in [9.17, 15) is 19.0 Å². The zero-order chi connectivity index (χ0) is 54.2. The minimum Gasteiger partial charge on any atom is -0.756 e. The largest absolute Gasteiger partial charge is 0.756 e. The third kappa shape index (κ3) is 58.2. The summed E-state index contributed by atoms with van der Waals surface area (Å²) in [6.45, 7) is 4.08. The van der Waals surface area contributed by atoms with Gasteiger partial charge in [-0.2, -0.15) is 0 Å². The summed E-state index contributed by atoms with van der Waals surface area (Å²) in [6, 6.07) is 0. The number of carbonyl (C=O) groups is 2. The number of carbonyl (C=O) groups excluding carboxylic acids is 2. The molecule has 0 saturated carbocycles. The first-order valence-corrected chi connectivity index (χ1v) is 31.4. The lowest BCUT2D eigenvalue weighted by Crippen LogP contribution is -2.37. The first-order chi connectivity index (χ1) is 36.0. The topological polar surface area (TPSA) is 111 Å². The molecule has 0 saturated heterocycles. The van der Waals surface area contributed by atoms with Gasteiger partial charge in [0.2, 0.25) is 0 Å². The van der Waals surface area contributed by atoms with Gasteiger partial charge in [-0.25, -0.2) is 0 Å². The van der Waals surface area contributed by atoms with E-state index in [4.69, 9.17) is 18.5 Å². The fraction of sp³-hybridized carbons (Fsp3) is 0.719. The quantitative estimate of drug-likeness (QED) is 0.0195. The SMILES string of the molecule is CC/C=C\C/C=C\C/C=C\C/C=C\C/C=C\C/C=C\CCCCCCCCCCCCCCCCCCC(=O)OC(COC(=O)CCCCCCC/C=C\C/C=C\CCCCC)COP(=O)([O-])OCC[N+](C)(C)C. The van der Waals surface area contributed by atoms with Crippen molar-refractivity contribution in [3.63, 3.8) is 0 Å². The van der Waals surface area contributed by atoms with E-state index in [0.29, 0.717) is 23.9 Å². The molecule has 0 N–H and O–H groups in total. The Bertz CT molecular complexity index is 1570. The van der Waals surface area contributed by atoms with E-state index < -0.39 is 32.5 Å². The van der Waals surface area contributed by atoms with Gasteiger partial charge in [0.1, 0.15) is 19.8 Å². The molecule has 2 unspecified atom stereocenters. The molecule has 0 aliphatic carbocycles. The zero-order valence-corrected chi connectivity index (χ0v) is 49.2. The average Bonchev–Trinajstić information content (AvgIpc) is 3.36. The fourth-order valence-electron chi connectivity index (χ4n) is 7.98. The van der Waals surface area contributed by atoms with Crippen LogP contribution in [-0.4, -0.2) is 70.0 Å². The van der Waals surface area contributed by atoms with E-state index in [1.54, 1.807) is 0 Å². The molecule has 9 nitrogen and oxygen atoms in total. The van der Waals surface area contributed by atoms with Gasteiger partial charge in [0, 0.05) is 12.8 Å². The van der Waals surface area contributed by atoms with E-state index in [-0.39, 0.29) is 26.1 Å². The number of allylic oxidation sites excluding steroid dienone is 16. The third-order valence-corrected chi connectivity index (χ3v) is 13.6. The Morgan fingerprint density at radius 2 is 0.770 bits per heavy atom. The Morgan fingerprint density at radius 1 is 0.432 bits per heavy atom. The maximum absolute atomic E-state index is 12.8. The molecular formula is C64H112NO8P. The van der Waals surface area contributed by atoms with Crippen LogP contribution >= 0.6 is 7.82 Å². The van der Waals surface area contributed by atoms with Crippen LogP contribution in [0.2, 0.25) is 0 Å². The number of phosphoric ester groups is 1. The second-order valence-corrected chi connectivity index (χ2v) is 22.4. The highest BCUT2D eigenvalue weighted by Crippen LogP contribution is 2.38. The Kier molecular flexibility index (Phi) is 52.4. The van der Waals surface area contributed by atoms with Crippen molar-refractivity contribution in [3.8, 4) is 0 Å². The van der Waals surface area contributed by atoms with Crippen LogP contribution in [0, 0.1) is 0 Å². The summed E-state index contributed by atoms with van der Waals surface area (Å²) in [4.78, 5) is 37.8. The van der Waals surface area contributed by atoms with E-state index in [1.807, 2.05) is 21.1 Å². The predicted molar refractivity (Wildman–Crippen MR) is 314 cm³/mol. The van der Waals surface area contributed by atoms with Crippen molar-refractivity contribution in [2.45, 2.75) is 251 Å². The van der Waals surface area contributed by atoms with E-state index >= 15 is 0 Å². The van der Waals surface area contributed by atoms with Gasteiger partial charge in [0.05, 0.1) is 27.7 Å². The van der Waals surface area contributed by atoms with Gasteiger partial charge in [-0.1, -0.05) is 233 Å². The molecular weight excluding hydrogens is 942 g/mol. The predicted octanol–water partition coefficient (Wildman–Crippen LogP) is 18.2. The highest BCUT2D eigenvalue weighted by atomic mass is 31.2. The zero-order valence-electron chi connectivity index (χ0n) is 48.3.